The molecule has 14 heteroatoms. The maximum atomic E-state index is 14.8. The molecule has 8 nitrogen and oxygen atoms in total. The van der Waals surface area contributed by atoms with Gasteiger partial charge < -0.3 is 19.6 Å². The number of fused-ring (bicyclic) bond motifs is 2. The van der Waals surface area contributed by atoms with E-state index in [1.54, 1.807) is 12.1 Å². The molecule has 2 aromatic rings. The van der Waals surface area contributed by atoms with E-state index >= 15 is 0 Å². The Morgan fingerprint density at radius 3 is 1.29 bits per heavy atom. The normalized spacial score (nSPS) is 41.3. The van der Waals surface area contributed by atoms with Gasteiger partial charge >= 0.3 is 11.9 Å². The standard InChI is InChI=1S/C31H38ClF2NO3.C30H36ClF2NO3/c1-17-9-10-30(19-7-8-20(22(32)11-19)24-25(27(3,4)5)31(24,33)34)12-23(36)35(13-21(30)18(17)2)29-14-28(15-29,16-29)26(37)38-6;1-16-8-9-29(18-6-7-19(21(31)10-18)23-24(26(3,4)5)30(23,32)33)11-22(35)34(12-20(29)17(16)2)28-13-27(14-28,15-28)25(36)37/h7-8,11,13,17-18,24-25H,9-10,12,14-16H2,1-6H3;6-7,10,12,16-17,23-24H,8-9,11,13-15H2,1-5H3,(H,36,37)/t17-,18+,24?,25?,28?,29?,30?;16-,17+,23?,24?,27?,28?,29?/m00/s1. The Morgan fingerprint density at radius 1 is 0.627 bits per heavy atom. The second kappa shape index (κ2) is 16.3. The lowest BCUT2D eigenvalue weighted by Gasteiger charge is -2.72. The van der Waals surface area contributed by atoms with E-state index in [0.29, 0.717) is 84.4 Å². The Kier molecular flexibility index (Phi) is 11.6. The zero-order valence-corrected chi connectivity index (χ0v) is 46.9. The summed E-state index contributed by atoms with van der Waals surface area (Å²) in [5.41, 5.74) is 1.51. The number of carbonyl (C=O) groups is 4. The molecule has 10 atom stereocenters. The van der Waals surface area contributed by atoms with E-state index in [0.717, 1.165) is 36.8 Å². The molecule has 6 unspecified atom stereocenters. The molecule has 406 valence electrons. The van der Waals surface area contributed by atoms with Crippen LogP contribution in [0.5, 0.6) is 0 Å². The van der Waals surface area contributed by atoms with Crippen molar-refractivity contribution in [3.8, 4) is 0 Å². The summed E-state index contributed by atoms with van der Waals surface area (Å²) in [4.78, 5) is 55.1. The number of carboxylic acid groups (broad SMARTS) is 1. The van der Waals surface area contributed by atoms with Crippen LogP contribution in [0.2, 0.25) is 10.0 Å². The molecule has 14 rings (SSSR count). The maximum Gasteiger partial charge on any atom is 0.312 e. The van der Waals surface area contributed by atoms with Gasteiger partial charge in [0.2, 0.25) is 11.8 Å². The zero-order valence-electron chi connectivity index (χ0n) is 45.4. The fourth-order valence-corrected chi connectivity index (χ4v) is 17.8. The Bertz CT molecular complexity index is 2860. The number of hydrogen-bond acceptors (Lipinski definition) is 5. The molecular weight excluding hydrogens is 1000 g/mol. The van der Waals surface area contributed by atoms with Crippen molar-refractivity contribution in [2.75, 3.05) is 7.11 Å². The first-order valence-corrected chi connectivity index (χ1v) is 28.2. The van der Waals surface area contributed by atoms with Gasteiger partial charge in [-0.05, 0) is 144 Å². The van der Waals surface area contributed by atoms with Crippen molar-refractivity contribution in [2.24, 2.45) is 57.2 Å². The van der Waals surface area contributed by atoms with E-state index in [-0.39, 0.29) is 40.7 Å². The summed E-state index contributed by atoms with van der Waals surface area (Å²) in [7, 11) is 1.42. The lowest BCUT2D eigenvalue weighted by molar-refractivity contribution is -0.226. The Balaban J connectivity index is 0.000000161. The number of rotatable bonds is 8. The van der Waals surface area contributed by atoms with Crippen LogP contribution in [0.1, 0.15) is 180 Å². The molecule has 4 bridgehead atoms. The molecule has 10 aliphatic carbocycles. The average molecular weight is 1080 g/mol. The Hall–Kier alpha value is -3.90. The number of esters is 1. The third-order valence-electron chi connectivity index (χ3n) is 21.7. The fourth-order valence-electron chi connectivity index (χ4n) is 17.2. The predicted octanol–water partition coefficient (Wildman–Crippen LogP) is 14.4. The topological polar surface area (TPSA) is 104 Å². The van der Waals surface area contributed by atoms with Crippen LogP contribution < -0.4 is 0 Å². The molecule has 75 heavy (non-hydrogen) atoms. The third-order valence-corrected chi connectivity index (χ3v) is 22.3. The first kappa shape index (κ1) is 53.1. The minimum Gasteiger partial charge on any atom is -0.481 e. The van der Waals surface area contributed by atoms with E-state index in [9.17, 15) is 41.8 Å². The molecule has 0 radical (unpaired) electrons. The number of benzene rings is 2. The van der Waals surface area contributed by atoms with Crippen molar-refractivity contribution < 1.29 is 46.6 Å². The number of halogens is 6. The SMILES string of the molecule is COC(=O)C12CC(N3C=C4[C@H](C)[C@@H](C)CCC4(c4ccc(C5C(C(C)(C)C)C5(F)F)c(Cl)c4)CC3=O)(C1)C2.C[C@H]1CCC2(c3ccc(C4C(C(C)(C)C)C4(F)F)c(Cl)c3)CC(=O)N(C34CC(C(=O)O)(C3)C4)C=C2[C@@H]1C. The number of methoxy groups -OCH3 is 1. The highest BCUT2D eigenvalue weighted by molar-refractivity contribution is 6.32. The van der Waals surface area contributed by atoms with Crippen molar-refractivity contribution in [3.63, 3.8) is 0 Å². The van der Waals surface area contributed by atoms with Crippen LogP contribution in [-0.4, -0.2) is 68.7 Å². The molecule has 1 N–H and O–H groups in total. The summed E-state index contributed by atoms with van der Waals surface area (Å²) in [6.07, 6.45) is 11.9. The van der Waals surface area contributed by atoms with E-state index in [1.165, 1.54) is 18.3 Å². The Labute approximate surface area is 449 Å². The zero-order chi connectivity index (χ0) is 54.6. The first-order chi connectivity index (χ1) is 34.7. The highest BCUT2D eigenvalue weighted by atomic mass is 35.5. The summed E-state index contributed by atoms with van der Waals surface area (Å²) in [5.74, 6) is -8.25. The van der Waals surface area contributed by atoms with E-state index in [2.05, 4.69) is 33.9 Å². The van der Waals surface area contributed by atoms with Crippen LogP contribution >= 0.6 is 23.2 Å². The highest BCUT2D eigenvalue weighted by Gasteiger charge is 2.78. The molecule has 2 aromatic carbocycles. The second-order valence-corrected chi connectivity index (χ2v) is 29.0. The van der Waals surface area contributed by atoms with Crippen molar-refractivity contribution in [1.82, 2.24) is 9.80 Å². The third kappa shape index (κ3) is 7.36. The number of nitrogens with zero attached hydrogens (tertiary/aromatic N) is 2. The molecule has 2 heterocycles. The largest absolute Gasteiger partial charge is 0.481 e. The molecule has 0 aromatic heterocycles. The van der Waals surface area contributed by atoms with Crippen LogP contribution in [-0.2, 0) is 34.7 Å². The summed E-state index contributed by atoms with van der Waals surface area (Å²) in [5, 5.41) is 10.3. The number of allylic oxidation sites excluding steroid dienone is 2. The van der Waals surface area contributed by atoms with Gasteiger partial charge in [0.15, 0.2) is 0 Å². The van der Waals surface area contributed by atoms with Gasteiger partial charge in [0.1, 0.15) is 0 Å². The number of amides is 2. The van der Waals surface area contributed by atoms with E-state index < -0.39 is 74.0 Å². The number of carbonyl (C=O) groups excluding carboxylic acids is 3. The number of ether oxygens (including phenoxy) is 1. The van der Waals surface area contributed by atoms with Gasteiger partial charge in [-0.1, -0.05) is 117 Å². The summed E-state index contributed by atoms with van der Waals surface area (Å²) < 4.78 is 64.3. The minimum absolute atomic E-state index is 0.0194. The smallest absolute Gasteiger partial charge is 0.312 e. The molecule has 0 spiro atoms. The number of hydrogen-bond donors (Lipinski definition) is 1. The molecule has 0 saturated heterocycles. The number of alkyl halides is 4. The predicted molar refractivity (Wildman–Crippen MR) is 279 cm³/mol. The van der Waals surface area contributed by atoms with Gasteiger partial charge in [0.25, 0.3) is 11.8 Å². The minimum atomic E-state index is -2.78. The van der Waals surface area contributed by atoms with Gasteiger partial charge in [-0.2, -0.15) is 0 Å². The van der Waals surface area contributed by atoms with Gasteiger partial charge in [0.05, 0.1) is 40.9 Å². The molecule has 2 aliphatic heterocycles. The molecule has 10 saturated carbocycles. The van der Waals surface area contributed by atoms with Crippen LogP contribution in [0.3, 0.4) is 0 Å². The fraction of sp³-hybridized carbons (Fsp3) is 0.672. The molecule has 12 aliphatic rings. The van der Waals surface area contributed by atoms with Crippen molar-refractivity contribution >= 4 is 47.0 Å². The van der Waals surface area contributed by atoms with Crippen molar-refractivity contribution in [3.05, 3.63) is 92.2 Å². The molecule has 10 fully saturated rings. The Morgan fingerprint density at radius 2 is 0.987 bits per heavy atom. The number of carboxylic acids is 1. The first-order valence-electron chi connectivity index (χ1n) is 27.5. The monoisotopic (exact) mass is 1080 g/mol. The summed E-state index contributed by atoms with van der Waals surface area (Å²) >= 11 is 13.5. The van der Waals surface area contributed by atoms with Gasteiger partial charge in [0, 0.05) is 58.0 Å². The van der Waals surface area contributed by atoms with Gasteiger partial charge in [-0.15, -0.1) is 0 Å². The van der Waals surface area contributed by atoms with Crippen LogP contribution in [0.25, 0.3) is 0 Å². The average Bonchev–Trinajstić information content (AvgIpc) is 4.07. The molecule has 2 amide bonds. The lowest BCUT2D eigenvalue weighted by Crippen LogP contribution is -2.77. The summed E-state index contributed by atoms with van der Waals surface area (Å²) in [6.45, 7) is 20.0. The maximum absolute atomic E-state index is 14.8. The van der Waals surface area contributed by atoms with Crippen molar-refractivity contribution in [1.29, 1.82) is 0 Å². The quantitative estimate of drug-likeness (QED) is 0.209. The van der Waals surface area contributed by atoms with Crippen LogP contribution in [0.4, 0.5) is 17.6 Å². The van der Waals surface area contributed by atoms with Crippen molar-refractivity contribution in [2.45, 2.75) is 192 Å². The van der Waals surface area contributed by atoms with E-state index in [4.69, 9.17) is 27.9 Å². The summed E-state index contributed by atoms with van der Waals surface area (Å²) in [6, 6.07) is 11.1. The highest BCUT2D eigenvalue weighted by Crippen LogP contribution is 2.74. The molecular formula is C61H74Cl2F4N2O6. The lowest BCUT2D eigenvalue weighted by atomic mass is 9.38. The number of aliphatic carboxylic acids is 1. The van der Waals surface area contributed by atoms with Gasteiger partial charge in [-0.3, -0.25) is 19.2 Å². The second-order valence-electron chi connectivity index (χ2n) is 28.2. The van der Waals surface area contributed by atoms with E-state index in [1.807, 2.05) is 81.8 Å². The van der Waals surface area contributed by atoms with Gasteiger partial charge in [-0.25, -0.2) is 17.6 Å². The van der Waals surface area contributed by atoms with Crippen LogP contribution in [0.15, 0.2) is 59.9 Å². The van der Waals surface area contributed by atoms with Crippen LogP contribution in [0, 0.1) is 57.2 Å².